The standard InChI is InChI=1S/C18H20N2O3/c1-3-17(21)20-16-12-8-7-11-15(16)18(22)19-13(2)23-14-9-5-4-6-10-14/h4-13H,3H2,1-2H3,(H,19,22)(H,20,21). The van der Waals surface area contributed by atoms with Crippen molar-refractivity contribution in [2.75, 3.05) is 5.32 Å². The van der Waals surface area contributed by atoms with Gasteiger partial charge in [0.2, 0.25) is 5.91 Å². The predicted molar refractivity (Wildman–Crippen MR) is 89.4 cm³/mol. The van der Waals surface area contributed by atoms with Gasteiger partial charge in [0.25, 0.3) is 5.91 Å². The molecular formula is C18H20N2O3. The molecule has 0 radical (unpaired) electrons. The number of hydrogen-bond donors (Lipinski definition) is 2. The molecule has 2 N–H and O–H groups in total. The topological polar surface area (TPSA) is 67.4 Å². The summed E-state index contributed by atoms with van der Waals surface area (Å²) in [7, 11) is 0. The van der Waals surface area contributed by atoms with Crippen LogP contribution in [-0.2, 0) is 4.79 Å². The monoisotopic (exact) mass is 312 g/mol. The van der Waals surface area contributed by atoms with E-state index in [-0.39, 0.29) is 11.8 Å². The van der Waals surface area contributed by atoms with Gasteiger partial charge in [-0.1, -0.05) is 37.3 Å². The molecule has 0 saturated carbocycles. The van der Waals surface area contributed by atoms with E-state index in [4.69, 9.17) is 4.74 Å². The maximum Gasteiger partial charge on any atom is 0.256 e. The lowest BCUT2D eigenvalue weighted by atomic mass is 10.1. The van der Waals surface area contributed by atoms with Crippen LogP contribution >= 0.6 is 0 Å². The predicted octanol–water partition coefficient (Wildman–Crippen LogP) is 3.19. The van der Waals surface area contributed by atoms with Crippen LogP contribution in [0.2, 0.25) is 0 Å². The SMILES string of the molecule is CCC(=O)Nc1ccccc1C(=O)NC(C)Oc1ccccc1. The normalized spacial score (nSPS) is 11.4. The maximum absolute atomic E-state index is 12.4. The van der Waals surface area contributed by atoms with Crippen LogP contribution in [0.15, 0.2) is 54.6 Å². The molecule has 0 fully saturated rings. The Labute approximate surface area is 135 Å². The number of benzene rings is 2. The van der Waals surface area contributed by atoms with Crippen LogP contribution in [-0.4, -0.2) is 18.0 Å². The fourth-order valence-electron chi connectivity index (χ4n) is 2.02. The van der Waals surface area contributed by atoms with Crippen molar-refractivity contribution in [2.24, 2.45) is 0 Å². The summed E-state index contributed by atoms with van der Waals surface area (Å²) in [4.78, 5) is 23.9. The van der Waals surface area contributed by atoms with E-state index in [9.17, 15) is 9.59 Å². The lowest BCUT2D eigenvalue weighted by molar-refractivity contribution is -0.115. The molecule has 2 amide bonds. The first kappa shape index (κ1) is 16.5. The zero-order valence-corrected chi connectivity index (χ0v) is 13.2. The molecule has 120 valence electrons. The van der Waals surface area contributed by atoms with Crippen molar-refractivity contribution >= 4 is 17.5 Å². The third-order valence-electron chi connectivity index (χ3n) is 3.16. The summed E-state index contributed by atoms with van der Waals surface area (Å²) in [5, 5.41) is 5.49. The average Bonchev–Trinajstić information content (AvgIpc) is 2.56. The van der Waals surface area contributed by atoms with Crippen molar-refractivity contribution in [3.63, 3.8) is 0 Å². The largest absolute Gasteiger partial charge is 0.471 e. The highest BCUT2D eigenvalue weighted by Crippen LogP contribution is 2.16. The molecule has 0 aromatic heterocycles. The Balaban J connectivity index is 2.04. The molecular weight excluding hydrogens is 292 g/mol. The highest BCUT2D eigenvalue weighted by molar-refractivity contribution is 6.03. The van der Waals surface area contributed by atoms with Crippen LogP contribution in [0.3, 0.4) is 0 Å². The van der Waals surface area contributed by atoms with E-state index in [2.05, 4.69) is 10.6 Å². The molecule has 0 aliphatic rings. The Morgan fingerprint density at radius 3 is 2.39 bits per heavy atom. The number of rotatable bonds is 6. The Bertz CT molecular complexity index is 671. The first-order valence-electron chi connectivity index (χ1n) is 7.51. The zero-order valence-electron chi connectivity index (χ0n) is 13.2. The number of ether oxygens (including phenoxy) is 1. The molecule has 0 spiro atoms. The second-order valence-corrected chi connectivity index (χ2v) is 4.99. The van der Waals surface area contributed by atoms with E-state index in [0.29, 0.717) is 23.4 Å². The highest BCUT2D eigenvalue weighted by atomic mass is 16.5. The third-order valence-corrected chi connectivity index (χ3v) is 3.16. The molecule has 23 heavy (non-hydrogen) atoms. The van der Waals surface area contributed by atoms with Crippen molar-refractivity contribution in [3.05, 3.63) is 60.2 Å². The lowest BCUT2D eigenvalue weighted by Crippen LogP contribution is -2.37. The Kier molecular flexibility index (Phi) is 5.74. The second-order valence-electron chi connectivity index (χ2n) is 4.99. The van der Waals surface area contributed by atoms with Crippen molar-refractivity contribution in [2.45, 2.75) is 26.5 Å². The summed E-state index contributed by atoms with van der Waals surface area (Å²) in [5.41, 5.74) is 0.890. The fourth-order valence-corrected chi connectivity index (χ4v) is 2.02. The number of nitrogens with one attached hydrogen (secondary N) is 2. The van der Waals surface area contributed by atoms with Gasteiger partial charge in [-0.2, -0.15) is 0 Å². The Morgan fingerprint density at radius 2 is 1.70 bits per heavy atom. The van der Waals surface area contributed by atoms with Gasteiger partial charge >= 0.3 is 0 Å². The Morgan fingerprint density at radius 1 is 1.04 bits per heavy atom. The first-order valence-corrected chi connectivity index (χ1v) is 7.51. The van der Waals surface area contributed by atoms with Crippen molar-refractivity contribution in [1.82, 2.24) is 5.32 Å². The van der Waals surface area contributed by atoms with Crippen molar-refractivity contribution < 1.29 is 14.3 Å². The molecule has 2 aromatic carbocycles. The molecule has 0 aliphatic carbocycles. The molecule has 0 aliphatic heterocycles. The van der Waals surface area contributed by atoms with E-state index >= 15 is 0 Å². The number of hydrogen-bond acceptors (Lipinski definition) is 3. The van der Waals surface area contributed by atoms with Gasteiger partial charge in [0.05, 0.1) is 11.3 Å². The molecule has 2 rings (SSSR count). The summed E-state index contributed by atoms with van der Waals surface area (Å²) < 4.78 is 5.63. The van der Waals surface area contributed by atoms with Gasteiger partial charge in [-0.3, -0.25) is 9.59 Å². The molecule has 0 bridgehead atoms. The molecule has 5 nitrogen and oxygen atoms in total. The van der Waals surface area contributed by atoms with Crippen LogP contribution in [0.5, 0.6) is 5.75 Å². The first-order chi connectivity index (χ1) is 11.1. The average molecular weight is 312 g/mol. The summed E-state index contributed by atoms with van der Waals surface area (Å²) in [6, 6.07) is 16.1. The van der Waals surface area contributed by atoms with Crippen LogP contribution in [0, 0.1) is 0 Å². The second kappa shape index (κ2) is 7.98. The third kappa shape index (κ3) is 4.85. The number of para-hydroxylation sites is 2. The molecule has 1 unspecified atom stereocenters. The van der Waals surface area contributed by atoms with Crippen LogP contribution in [0.1, 0.15) is 30.6 Å². The Hall–Kier alpha value is -2.82. The van der Waals surface area contributed by atoms with Crippen LogP contribution in [0.25, 0.3) is 0 Å². The minimum atomic E-state index is -0.500. The fraction of sp³-hybridized carbons (Fsp3) is 0.222. The van der Waals surface area contributed by atoms with E-state index in [1.165, 1.54) is 0 Å². The number of anilines is 1. The minimum absolute atomic E-state index is 0.140. The molecule has 0 heterocycles. The van der Waals surface area contributed by atoms with Gasteiger partial charge in [-0.25, -0.2) is 0 Å². The molecule has 1 atom stereocenters. The smallest absolute Gasteiger partial charge is 0.256 e. The van der Waals surface area contributed by atoms with Crippen LogP contribution in [0.4, 0.5) is 5.69 Å². The lowest BCUT2D eigenvalue weighted by Gasteiger charge is -2.17. The van der Waals surface area contributed by atoms with Crippen molar-refractivity contribution in [3.8, 4) is 5.75 Å². The van der Waals surface area contributed by atoms with Gasteiger partial charge in [0.1, 0.15) is 5.75 Å². The summed E-state index contributed by atoms with van der Waals surface area (Å²) in [6.07, 6.45) is -0.149. The van der Waals surface area contributed by atoms with Gasteiger partial charge in [0.15, 0.2) is 6.23 Å². The zero-order chi connectivity index (χ0) is 16.7. The van der Waals surface area contributed by atoms with Gasteiger partial charge in [-0.15, -0.1) is 0 Å². The van der Waals surface area contributed by atoms with Gasteiger partial charge < -0.3 is 15.4 Å². The van der Waals surface area contributed by atoms with E-state index in [0.717, 1.165) is 0 Å². The molecule has 2 aromatic rings. The summed E-state index contributed by atoms with van der Waals surface area (Å²) >= 11 is 0. The van der Waals surface area contributed by atoms with Crippen LogP contribution < -0.4 is 15.4 Å². The van der Waals surface area contributed by atoms with E-state index in [1.54, 1.807) is 38.1 Å². The number of carbonyl (C=O) groups is 2. The van der Waals surface area contributed by atoms with Gasteiger partial charge in [0, 0.05) is 6.42 Å². The van der Waals surface area contributed by atoms with Gasteiger partial charge in [-0.05, 0) is 31.2 Å². The molecule has 0 saturated heterocycles. The van der Waals surface area contributed by atoms with E-state index in [1.807, 2.05) is 30.3 Å². The summed E-state index contributed by atoms with van der Waals surface area (Å²) in [5.74, 6) is 0.229. The van der Waals surface area contributed by atoms with E-state index < -0.39 is 6.23 Å². The maximum atomic E-state index is 12.4. The minimum Gasteiger partial charge on any atom is -0.471 e. The molecule has 5 heteroatoms. The van der Waals surface area contributed by atoms with Crippen molar-refractivity contribution in [1.29, 1.82) is 0 Å². The quantitative estimate of drug-likeness (QED) is 0.805. The highest BCUT2D eigenvalue weighted by Gasteiger charge is 2.15. The number of amides is 2. The number of carbonyl (C=O) groups excluding carboxylic acids is 2. The summed E-state index contributed by atoms with van der Waals surface area (Å²) in [6.45, 7) is 3.51.